The molecular formula is C20H23N5O2. The molecule has 27 heavy (non-hydrogen) atoms. The van der Waals surface area contributed by atoms with E-state index in [9.17, 15) is 4.79 Å². The number of aromatic nitrogens is 4. The summed E-state index contributed by atoms with van der Waals surface area (Å²) in [4.78, 5) is 20.9. The first kappa shape index (κ1) is 18.6. The minimum atomic E-state index is -0.119. The van der Waals surface area contributed by atoms with Crippen molar-refractivity contribution in [1.82, 2.24) is 25.1 Å². The van der Waals surface area contributed by atoms with E-state index in [1.54, 1.807) is 31.5 Å². The highest BCUT2D eigenvalue weighted by Crippen LogP contribution is 2.18. The van der Waals surface area contributed by atoms with E-state index in [-0.39, 0.29) is 5.91 Å². The summed E-state index contributed by atoms with van der Waals surface area (Å²) in [5.74, 6) is 0.939. The molecule has 0 saturated carbocycles. The number of carbonyl (C=O) groups is 1. The molecule has 3 aromatic rings. The second kappa shape index (κ2) is 7.99. The smallest absolute Gasteiger partial charge is 0.251 e. The molecule has 2 aromatic heterocycles. The third kappa shape index (κ3) is 4.13. The Labute approximate surface area is 158 Å². The normalized spacial score (nSPS) is 10.7. The van der Waals surface area contributed by atoms with E-state index in [2.05, 4.69) is 27.3 Å². The molecule has 2 heterocycles. The van der Waals surface area contributed by atoms with Crippen molar-refractivity contribution in [1.29, 1.82) is 0 Å². The summed E-state index contributed by atoms with van der Waals surface area (Å²) in [5, 5.41) is 7.41. The van der Waals surface area contributed by atoms with Crippen LogP contribution in [0, 0.1) is 20.8 Å². The summed E-state index contributed by atoms with van der Waals surface area (Å²) in [6, 6.07) is 8.87. The number of aryl methyl sites for hydroxylation is 1. The van der Waals surface area contributed by atoms with Crippen LogP contribution in [-0.4, -0.2) is 39.3 Å². The van der Waals surface area contributed by atoms with Gasteiger partial charge in [-0.15, -0.1) is 0 Å². The topological polar surface area (TPSA) is 81.9 Å². The number of nitrogens with one attached hydrogen (secondary N) is 1. The van der Waals surface area contributed by atoms with Crippen molar-refractivity contribution in [2.75, 3.05) is 13.7 Å². The zero-order valence-electron chi connectivity index (χ0n) is 16.0. The van der Waals surface area contributed by atoms with Gasteiger partial charge in [-0.1, -0.05) is 12.1 Å². The van der Waals surface area contributed by atoms with Crippen LogP contribution in [-0.2, 0) is 6.54 Å². The van der Waals surface area contributed by atoms with Crippen LogP contribution in [0.25, 0.3) is 11.4 Å². The van der Waals surface area contributed by atoms with Gasteiger partial charge in [0.2, 0.25) is 5.88 Å². The quantitative estimate of drug-likeness (QED) is 0.726. The Morgan fingerprint density at radius 2 is 1.89 bits per heavy atom. The Morgan fingerprint density at radius 1 is 1.15 bits per heavy atom. The van der Waals surface area contributed by atoms with Gasteiger partial charge in [-0.2, -0.15) is 10.1 Å². The predicted molar refractivity (Wildman–Crippen MR) is 103 cm³/mol. The first-order valence-corrected chi connectivity index (χ1v) is 8.76. The molecule has 0 saturated heterocycles. The number of rotatable bonds is 6. The summed E-state index contributed by atoms with van der Waals surface area (Å²) in [6.45, 7) is 7.24. The average Bonchev–Trinajstić information content (AvgIpc) is 2.95. The van der Waals surface area contributed by atoms with Gasteiger partial charge in [0, 0.05) is 35.6 Å². The predicted octanol–water partition coefficient (Wildman–Crippen LogP) is 2.70. The van der Waals surface area contributed by atoms with Crippen molar-refractivity contribution in [3.8, 4) is 17.3 Å². The molecule has 0 atom stereocenters. The Bertz CT molecular complexity index is 948. The second-order valence-corrected chi connectivity index (χ2v) is 6.27. The Morgan fingerprint density at radius 3 is 2.52 bits per heavy atom. The number of hydrogen-bond acceptors (Lipinski definition) is 5. The van der Waals surface area contributed by atoms with Crippen molar-refractivity contribution in [2.24, 2.45) is 0 Å². The SMILES string of the molecule is COc1ccnc(-c2ccc(C(=O)NCCn3nc(C)c(C)c3C)cc2)n1. The molecule has 0 radical (unpaired) electrons. The van der Waals surface area contributed by atoms with E-state index in [1.807, 2.05) is 30.7 Å². The number of ether oxygens (including phenoxy) is 1. The van der Waals surface area contributed by atoms with E-state index >= 15 is 0 Å². The molecule has 7 heteroatoms. The van der Waals surface area contributed by atoms with Gasteiger partial charge in [-0.25, -0.2) is 4.98 Å². The maximum Gasteiger partial charge on any atom is 0.251 e. The molecule has 0 spiro atoms. The van der Waals surface area contributed by atoms with Gasteiger partial charge >= 0.3 is 0 Å². The Balaban J connectivity index is 1.61. The molecule has 140 valence electrons. The van der Waals surface area contributed by atoms with Crippen LogP contribution in [0.3, 0.4) is 0 Å². The zero-order valence-corrected chi connectivity index (χ0v) is 16.0. The van der Waals surface area contributed by atoms with Crippen molar-refractivity contribution < 1.29 is 9.53 Å². The summed E-state index contributed by atoms with van der Waals surface area (Å²) in [5.41, 5.74) is 4.75. The lowest BCUT2D eigenvalue weighted by Crippen LogP contribution is -2.27. The van der Waals surface area contributed by atoms with Crippen molar-refractivity contribution >= 4 is 5.91 Å². The van der Waals surface area contributed by atoms with Crippen LogP contribution >= 0.6 is 0 Å². The fourth-order valence-corrected chi connectivity index (χ4v) is 2.75. The van der Waals surface area contributed by atoms with Crippen molar-refractivity contribution in [3.63, 3.8) is 0 Å². The lowest BCUT2D eigenvalue weighted by molar-refractivity contribution is 0.0952. The van der Waals surface area contributed by atoms with Crippen LogP contribution in [0.4, 0.5) is 0 Å². The standard InChI is InChI=1S/C20H23N5O2/c1-13-14(2)24-25(15(13)3)12-11-22-20(26)17-7-5-16(6-8-17)19-21-10-9-18(23-19)27-4/h5-10H,11-12H2,1-4H3,(H,22,26). The average molecular weight is 365 g/mol. The third-order valence-electron chi connectivity index (χ3n) is 4.60. The highest BCUT2D eigenvalue weighted by atomic mass is 16.5. The van der Waals surface area contributed by atoms with E-state index in [0.29, 0.717) is 30.4 Å². The fraction of sp³-hybridized carbons (Fsp3) is 0.300. The Hall–Kier alpha value is -3.22. The number of carbonyl (C=O) groups excluding carboxylic acids is 1. The highest BCUT2D eigenvalue weighted by Gasteiger charge is 2.09. The maximum atomic E-state index is 12.3. The minimum absolute atomic E-state index is 0.119. The lowest BCUT2D eigenvalue weighted by Gasteiger charge is -2.08. The fourth-order valence-electron chi connectivity index (χ4n) is 2.75. The number of nitrogens with zero attached hydrogens (tertiary/aromatic N) is 4. The van der Waals surface area contributed by atoms with Crippen LogP contribution in [0.15, 0.2) is 36.5 Å². The zero-order chi connectivity index (χ0) is 19.4. The van der Waals surface area contributed by atoms with Gasteiger partial charge < -0.3 is 10.1 Å². The van der Waals surface area contributed by atoms with Gasteiger partial charge in [0.25, 0.3) is 5.91 Å². The molecule has 1 amide bonds. The van der Waals surface area contributed by atoms with Gasteiger partial charge in [0.05, 0.1) is 19.3 Å². The van der Waals surface area contributed by atoms with E-state index < -0.39 is 0 Å². The van der Waals surface area contributed by atoms with Gasteiger partial charge in [0.15, 0.2) is 5.82 Å². The van der Waals surface area contributed by atoms with Crippen LogP contribution in [0.2, 0.25) is 0 Å². The molecule has 0 fully saturated rings. The van der Waals surface area contributed by atoms with Crippen LogP contribution in [0.5, 0.6) is 5.88 Å². The van der Waals surface area contributed by atoms with Crippen molar-refractivity contribution in [3.05, 3.63) is 59.0 Å². The highest BCUT2D eigenvalue weighted by molar-refractivity contribution is 5.94. The molecule has 0 aliphatic rings. The first-order chi connectivity index (χ1) is 13.0. The van der Waals surface area contributed by atoms with E-state index in [1.165, 1.54) is 5.56 Å². The lowest BCUT2D eigenvalue weighted by atomic mass is 10.1. The molecule has 3 rings (SSSR count). The van der Waals surface area contributed by atoms with Gasteiger partial charge in [-0.3, -0.25) is 9.48 Å². The molecule has 1 aromatic carbocycles. The molecule has 0 aliphatic heterocycles. The summed E-state index contributed by atoms with van der Waals surface area (Å²) >= 11 is 0. The van der Waals surface area contributed by atoms with Crippen LogP contribution < -0.4 is 10.1 Å². The molecule has 0 aliphatic carbocycles. The molecule has 7 nitrogen and oxygen atoms in total. The van der Waals surface area contributed by atoms with E-state index in [4.69, 9.17) is 4.74 Å². The third-order valence-corrected chi connectivity index (χ3v) is 4.60. The Kier molecular flexibility index (Phi) is 5.49. The monoisotopic (exact) mass is 365 g/mol. The van der Waals surface area contributed by atoms with Gasteiger partial charge in [-0.05, 0) is 38.5 Å². The van der Waals surface area contributed by atoms with E-state index in [0.717, 1.165) is 17.0 Å². The second-order valence-electron chi connectivity index (χ2n) is 6.27. The molecule has 1 N–H and O–H groups in total. The molecule has 0 bridgehead atoms. The minimum Gasteiger partial charge on any atom is -0.481 e. The largest absolute Gasteiger partial charge is 0.481 e. The van der Waals surface area contributed by atoms with Gasteiger partial charge in [0.1, 0.15) is 0 Å². The molecule has 0 unspecified atom stereocenters. The van der Waals surface area contributed by atoms with Crippen LogP contribution in [0.1, 0.15) is 27.3 Å². The summed E-state index contributed by atoms with van der Waals surface area (Å²) < 4.78 is 7.04. The number of methoxy groups -OCH3 is 1. The van der Waals surface area contributed by atoms with Crippen molar-refractivity contribution in [2.45, 2.75) is 27.3 Å². The first-order valence-electron chi connectivity index (χ1n) is 8.76. The number of benzene rings is 1. The summed E-state index contributed by atoms with van der Waals surface area (Å²) in [6.07, 6.45) is 1.64. The number of amides is 1. The number of hydrogen-bond donors (Lipinski definition) is 1. The maximum absolute atomic E-state index is 12.3. The molecular weight excluding hydrogens is 342 g/mol. The summed E-state index contributed by atoms with van der Waals surface area (Å²) in [7, 11) is 1.56.